The van der Waals surface area contributed by atoms with Gasteiger partial charge in [-0.2, -0.15) is 0 Å². The van der Waals surface area contributed by atoms with Gasteiger partial charge in [0.25, 0.3) is 0 Å². The van der Waals surface area contributed by atoms with Crippen LogP contribution in [0.5, 0.6) is 0 Å². The van der Waals surface area contributed by atoms with Crippen molar-refractivity contribution in [3.05, 3.63) is 0 Å². The molecule has 0 spiro atoms. The normalized spacial score (nSPS) is 3.80. The van der Waals surface area contributed by atoms with E-state index in [0.717, 1.165) is 6.32 Å². The summed E-state index contributed by atoms with van der Waals surface area (Å²) in [6.07, 6.45) is 0.750. The van der Waals surface area contributed by atoms with Crippen LogP contribution in [0.2, 0.25) is 6.32 Å². The Hall–Kier alpha value is 0.645. The second kappa shape index (κ2) is 22.8. The molecule has 0 aliphatic rings. The molecule has 5 heavy (non-hydrogen) atoms. The fraction of sp³-hybridized carbons (Fsp3) is 1.00. The van der Waals surface area contributed by atoms with E-state index in [0.29, 0.717) is 0 Å². The van der Waals surface area contributed by atoms with Gasteiger partial charge in [-0.3, -0.25) is 0 Å². The molecular weight excluding hydrogens is 106 g/mol. The second-order valence-corrected chi connectivity index (χ2v) is 0.408. The van der Waals surface area contributed by atoms with Gasteiger partial charge in [-0.15, -0.1) is 0 Å². The minimum absolute atomic E-state index is 0. The Bertz CT molecular complexity index is 7.61. The molecule has 0 aromatic carbocycles. The molecule has 0 atom stereocenters. The molecule has 0 amide bonds. The van der Waals surface area contributed by atoms with Crippen LogP contribution in [0, 0.1) is 0 Å². The molecule has 0 aromatic heterocycles. The Morgan fingerprint density at radius 3 is 1.40 bits per heavy atom. The largest absolute Gasteiger partial charge is 1.00 e. The van der Waals surface area contributed by atoms with Crippen molar-refractivity contribution in [2.45, 2.75) is 13.2 Å². The monoisotopic (exact) mass is 110 g/mol. The number of hydrogen-bond donors (Lipinski definition) is 0. The van der Waals surface area contributed by atoms with Crippen molar-refractivity contribution >= 4 is 7.85 Å². The molecule has 3 heteroatoms. The summed E-state index contributed by atoms with van der Waals surface area (Å²) in [5.41, 5.74) is 0. The quantitative estimate of drug-likeness (QED) is 0.273. The van der Waals surface area contributed by atoms with Crippen LogP contribution in [0.1, 0.15) is 6.92 Å². The van der Waals surface area contributed by atoms with Crippen LogP contribution < -0.4 is 24.8 Å². The van der Waals surface area contributed by atoms with E-state index in [1.165, 1.54) is 0 Å². The third-order valence-corrected chi connectivity index (χ3v) is 0. The molecule has 0 aliphatic carbocycles. The van der Waals surface area contributed by atoms with E-state index < -0.39 is 0 Å². The molecule has 0 saturated heterocycles. The SMILES string of the molecule is [B+2]CC.[Cl-].[Cl-]. The molecule has 0 aliphatic heterocycles. The van der Waals surface area contributed by atoms with E-state index in [-0.39, 0.29) is 24.8 Å². The predicted molar refractivity (Wildman–Crippen MR) is 16.2 cm³/mol. The summed E-state index contributed by atoms with van der Waals surface area (Å²) in [5.74, 6) is 0. The van der Waals surface area contributed by atoms with Crippen LogP contribution in [-0.4, -0.2) is 7.85 Å². The van der Waals surface area contributed by atoms with Crippen molar-refractivity contribution in [3.8, 4) is 0 Å². The van der Waals surface area contributed by atoms with Crippen molar-refractivity contribution in [2.24, 2.45) is 0 Å². The topological polar surface area (TPSA) is 0 Å². The van der Waals surface area contributed by atoms with Crippen molar-refractivity contribution in [1.29, 1.82) is 0 Å². The van der Waals surface area contributed by atoms with E-state index in [1.807, 2.05) is 6.92 Å². The van der Waals surface area contributed by atoms with Gasteiger partial charge in [0.1, 0.15) is 0 Å². The van der Waals surface area contributed by atoms with Crippen LogP contribution >= 0.6 is 0 Å². The molecule has 0 rings (SSSR count). The molecule has 0 heterocycles. The Morgan fingerprint density at radius 1 is 1.40 bits per heavy atom. The maximum atomic E-state index is 4.85. The average molecular weight is 111 g/mol. The maximum absolute atomic E-state index is 4.85. The summed E-state index contributed by atoms with van der Waals surface area (Å²) >= 11 is 0. The second-order valence-electron chi connectivity index (χ2n) is 0.408. The van der Waals surface area contributed by atoms with E-state index in [4.69, 9.17) is 7.85 Å². The molecule has 0 aromatic rings. The Labute approximate surface area is 46.6 Å². The summed E-state index contributed by atoms with van der Waals surface area (Å²) in [7, 11) is 4.85. The zero-order valence-corrected chi connectivity index (χ0v) is 4.55. The van der Waals surface area contributed by atoms with E-state index >= 15 is 0 Å². The van der Waals surface area contributed by atoms with Crippen LogP contribution in [0.4, 0.5) is 0 Å². The van der Waals surface area contributed by atoms with Gasteiger partial charge in [0.2, 0.25) is 0 Å². The fourth-order valence-electron chi connectivity index (χ4n) is 0. The van der Waals surface area contributed by atoms with Gasteiger partial charge in [-0.1, -0.05) is 0 Å². The summed E-state index contributed by atoms with van der Waals surface area (Å²) in [5, 5.41) is 0. The number of halogens is 2. The first-order chi connectivity index (χ1) is 1.41. The standard InChI is InChI=1S/C2H5B.2ClH/c1-2-3;;/h2H2,1H3;2*1H/q+2;;/p-2. The first kappa shape index (κ1) is 17.4. The number of rotatable bonds is 0. The van der Waals surface area contributed by atoms with Gasteiger partial charge in [-0.25, -0.2) is 0 Å². The molecule has 0 radical (unpaired) electrons. The van der Waals surface area contributed by atoms with Gasteiger partial charge in [0, 0.05) is 0 Å². The van der Waals surface area contributed by atoms with Crippen LogP contribution in [0.15, 0.2) is 0 Å². The maximum Gasteiger partial charge on any atom is -1.00 e. The fourth-order valence-corrected chi connectivity index (χ4v) is 0. The molecule has 0 fully saturated rings. The van der Waals surface area contributed by atoms with Gasteiger partial charge in [0.05, 0.1) is 0 Å². The molecule has 0 N–H and O–H groups in total. The van der Waals surface area contributed by atoms with Crippen LogP contribution in [0.25, 0.3) is 0 Å². The predicted octanol–water partition coefficient (Wildman–Crippen LogP) is -5.40. The third kappa shape index (κ3) is 78.1. The summed E-state index contributed by atoms with van der Waals surface area (Å²) in [6.45, 7) is 1.90. The van der Waals surface area contributed by atoms with E-state index in [2.05, 4.69) is 0 Å². The molecule has 0 unspecified atom stereocenters. The zero-order valence-electron chi connectivity index (χ0n) is 3.04. The zero-order chi connectivity index (χ0) is 2.71. The van der Waals surface area contributed by atoms with Gasteiger partial charge in [0.15, 0.2) is 0 Å². The minimum atomic E-state index is 0. The summed E-state index contributed by atoms with van der Waals surface area (Å²) < 4.78 is 0. The number of hydrogen-bond acceptors (Lipinski definition) is 0. The molecular formula is C2H5BCl2. The van der Waals surface area contributed by atoms with Crippen LogP contribution in [0.3, 0.4) is 0 Å². The van der Waals surface area contributed by atoms with Crippen molar-refractivity contribution in [2.75, 3.05) is 0 Å². The average Bonchev–Trinajstić information content (AvgIpc) is 0.918. The minimum Gasteiger partial charge on any atom is -1.00 e. The Morgan fingerprint density at radius 2 is 1.40 bits per heavy atom. The Balaban J connectivity index is -0.0000000200. The summed E-state index contributed by atoms with van der Waals surface area (Å²) in [4.78, 5) is 0. The van der Waals surface area contributed by atoms with Crippen molar-refractivity contribution in [1.82, 2.24) is 0 Å². The van der Waals surface area contributed by atoms with Gasteiger partial charge >= 0.3 is 21.1 Å². The van der Waals surface area contributed by atoms with Crippen LogP contribution in [-0.2, 0) is 0 Å². The van der Waals surface area contributed by atoms with Gasteiger partial charge < -0.3 is 24.8 Å². The summed E-state index contributed by atoms with van der Waals surface area (Å²) in [6, 6.07) is 0. The molecule has 0 nitrogen and oxygen atoms in total. The smallest absolute Gasteiger partial charge is 1.00 e. The first-order valence-corrected chi connectivity index (χ1v) is 1.12. The first-order valence-electron chi connectivity index (χ1n) is 1.12. The Kier molecular flexibility index (Phi) is 79.4. The van der Waals surface area contributed by atoms with E-state index in [9.17, 15) is 0 Å². The van der Waals surface area contributed by atoms with Crippen molar-refractivity contribution in [3.63, 3.8) is 0 Å². The van der Waals surface area contributed by atoms with Gasteiger partial charge in [-0.05, 0) is 0 Å². The molecule has 30 valence electrons. The molecule has 0 bridgehead atoms. The third-order valence-electron chi connectivity index (χ3n) is 0. The molecule has 0 saturated carbocycles. The van der Waals surface area contributed by atoms with E-state index in [1.54, 1.807) is 0 Å². The van der Waals surface area contributed by atoms with Crippen molar-refractivity contribution < 1.29 is 24.8 Å².